The summed E-state index contributed by atoms with van der Waals surface area (Å²) in [4.78, 5) is 35.7. The lowest BCUT2D eigenvalue weighted by Crippen LogP contribution is -2.44. The summed E-state index contributed by atoms with van der Waals surface area (Å²) in [5, 5.41) is 8.17. The Morgan fingerprint density at radius 3 is 1.88 bits per heavy atom. The van der Waals surface area contributed by atoms with Crippen LogP contribution in [0.2, 0.25) is 0 Å². The highest BCUT2D eigenvalue weighted by molar-refractivity contribution is 5.78. The van der Waals surface area contributed by atoms with E-state index in [1.165, 1.54) is 13.8 Å². The van der Waals surface area contributed by atoms with Crippen LogP contribution in [0.4, 0.5) is 0 Å². The van der Waals surface area contributed by atoms with E-state index >= 15 is 0 Å². The van der Waals surface area contributed by atoms with E-state index in [4.69, 9.17) is 9.47 Å². The van der Waals surface area contributed by atoms with Crippen LogP contribution in [0.3, 0.4) is 0 Å². The molecule has 3 N–H and O–H groups in total. The first-order chi connectivity index (χ1) is 12.0. The van der Waals surface area contributed by atoms with Crippen molar-refractivity contribution in [1.82, 2.24) is 20.9 Å². The van der Waals surface area contributed by atoms with Gasteiger partial charge in [-0.3, -0.25) is 19.3 Å². The molecule has 0 aromatic heterocycles. The number of hydrogen-bond acceptors (Lipinski definition) is 6. The zero-order valence-corrected chi connectivity index (χ0v) is 15.6. The number of ether oxygens (including phenoxy) is 2. The molecule has 25 heavy (non-hydrogen) atoms. The van der Waals surface area contributed by atoms with Crippen LogP contribution in [0.15, 0.2) is 0 Å². The highest BCUT2D eigenvalue weighted by Crippen LogP contribution is 1.88. The van der Waals surface area contributed by atoms with Crippen molar-refractivity contribution in [3.8, 4) is 0 Å². The van der Waals surface area contributed by atoms with Crippen LogP contribution in [0.1, 0.15) is 20.8 Å². The normalized spacial score (nSPS) is 10.6. The molecule has 0 aliphatic rings. The van der Waals surface area contributed by atoms with Gasteiger partial charge in [0.2, 0.25) is 17.7 Å². The predicted octanol–water partition coefficient (Wildman–Crippen LogP) is -1.27. The maximum absolute atomic E-state index is 12.0. The molecule has 146 valence electrons. The second-order valence-electron chi connectivity index (χ2n) is 5.40. The average molecular weight is 360 g/mol. The number of carbonyl (C=O) groups is 3. The van der Waals surface area contributed by atoms with Gasteiger partial charge in [0, 0.05) is 53.2 Å². The van der Waals surface area contributed by atoms with Gasteiger partial charge in [-0.15, -0.1) is 0 Å². The van der Waals surface area contributed by atoms with Crippen molar-refractivity contribution in [3.63, 3.8) is 0 Å². The number of rotatable bonds is 15. The van der Waals surface area contributed by atoms with Crippen molar-refractivity contribution in [2.45, 2.75) is 20.8 Å². The fourth-order valence-electron chi connectivity index (χ4n) is 1.94. The van der Waals surface area contributed by atoms with E-state index in [9.17, 15) is 14.4 Å². The molecule has 0 spiro atoms. The van der Waals surface area contributed by atoms with E-state index in [1.807, 2.05) is 11.8 Å². The Morgan fingerprint density at radius 2 is 1.36 bits per heavy atom. The highest BCUT2D eigenvalue weighted by atomic mass is 16.5. The minimum atomic E-state index is -0.126. The molecular formula is C16H32N4O5. The molecule has 0 aromatic carbocycles. The summed E-state index contributed by atoms with van der Waals surface area (Å²) in [5.41, 5.74) is 0. The first-order valence-corrected chi connectivity index (χ1v) is 8.59. The van der Waals surface area contributed by atoms with E-state index in [0.29, 0.717) is 59.2 Å². The topological polar surface area (TPSA) is 109 Å². The van der Waals surface area contributed by atoms with Crippen molar-refractivity contribution in [3.05, 3.63) is 0 Å². The SMILES string of the molecule is CCOCCOCCNC(=O)CN(CCNC(C)=O)CCNC(C)=O. The van der Waals surface area contributed by atoms with Crippen molar-refractivity contribution >= 4 is 17.7 Å². The van der Waals surface area contributed by atoms with Crippen molar-refractivity contribution in [1.29, 1.82) is 0 Å². The third-order valence-corrected chi connectivity index (χ3v) is 3.12. The molecule has 0 aromatic rings. The summed E-state index contributed by atoms with van der Waals surface area (Å²) in [7, 11) is 0. The molecule has 0 unspecified atom stereocenters. The van der Waals surface area contributed by atoms with Crippen molar-refractivity contribution in [2.24, 2.45) is 0 Å². The Morgan fingerprint density at radius 1 is 0.800 bits per heavy atom. The van der Waals surface area contributed by atoms with Crippen molar-refractivity contribution < 1.29 is 23.9 Å². The lowest BCUT2D eigenvalue weighted by atomic mass is 10.4. The van der Waals surface area contributed by atoms with Gasteiger partial charge in [0.05, 0.1) is 26.4 Å². The maximum atomic E-state index is 12.0. The lowest BCUT2D eigenvalue weighted by molar-refractivity contribution is -0.122. The standard InChI is InChI=1S/C16H32N4O5/c1-4-24-11-12-25-10-7-19-16(23)13-20(8-5-17-14(2)21)9-6-18-15(3)22/h4-13H2,1-3H3,(H,17,21)(H,18,22)(H,19,23). The monoisotopic (exact) mass is 360 g/mol. The Labute approximate surface area is 149 Å². The van der Waals surface area contributed by atoms with Crippen LogP contribution in [0, 0.1) is 0 Å². The van der Waals surface area contributed by atoms with Gasteiger partial charge < -0.3 is 25.4 Å². The minimum Gasteiger partial charge on any atom is -0.379 e. The molecule has 9 heteroatoms. The molecule has 0 saturated heterocycles. The molecule has 0 fully saturated rings. The van der Waals surface area contributed by atoms with E-state index in [0.717, 1.165) is 0 Å². The van der Waals surface area contributed by atoms with Gasteiger partial charge in [-0.1, -0.05) is 0 Å². The molecule has 0 aliphatic heterocycles. The number of carbonyl (C=O) groups excluding carboxylic acids is 3. The van der Waals surface area contributed by atoms with Gasteiger partial charge in [-0.05, 0) is 6.92 Å². The van der Waals surface area contributed by atoms with Gasteiger partial charge in [-0.2, -0.15) is 0 Å². The van der Waals surface area contributed by atoms with Crippen LogP contribution in [0.25, 0.3) is 0 Å². The van der Waals surface area contributed by atoms with E-state index in [2.05, 4.69) is 16.0 Å². The predicted molar refractivity (Wildman–Crippen MR) is 94.1 cm³/mol. The molecule has 0 bridgehead atoms. The lowest BCUT2D eigenvalue weighted by Gasteiger charge is -2.22. The summed E-state index contributed by atoms with van der Waals surface area (Å²) < 4.78 is 10.5. The van der Waals surface area contributed by atoms with Crippen LogP contribution >= 0.6 is 0 Å². The molecule has 0 heterocycles. The smallest absolute Gasteiger partial charge is 0.234 e. The highest BCUT2D eigenvalue weighted by Gasteiger charge is 2.10. The first kappa shape index (κ1) is 23.3. The van der Waals surface area contributed by atoms with Gasteiger partial charge in [0.25, 0.3) is 0 Å². The molecule has 0 rings (SSSR count). The Balaban J connectivity index is 3.99. The zero-order valence-electron chi connectivity index (χ0n) is 15.6. The molecule has 3 amide bonds. The van der Waals surface area contributed by atoms with Crippen LogP contribution < -0.4 is 16.0 Å². The summed E-state index contributed by atoms with van der Waals surface area (Å²) in [6, 6.07) is 0. The van der Waals surface area contributed by atoms with Gasteiger partial charge >= 0.3 is 0 Å². The Hall–Kier alpha value is -1.71. The summed E-state index contributed by atoms with van der Waals surface area (Å²) >= 11 is 0. The summed E-state index contributed by atoms with van der Waals surface area (Å²) in [6.45, 7) is 9.51. The quantitative estimate of drug-likeness (QED) is 0.314. The van der Waals surface area contributed by atoms with Gasteiger partial charge in [0.15, 0.2) is 0 Å². The maximum Gasteiger partial charge on any atom is 0.234 e. The third-order valence-electron chi connectivity index (χ3n) is 3.12. The number of amides is 3. The molecule has 0 aliphatic carbocycles. The van der Waals surface area contributed by atoms with E-state index in [1.54, 1.807) is 0 Å². The molecular weight excluding hydrogens is 328 g/mol. The van der Waals surface area contributed by atoms with Gasteiger partial charge in [-0.25, -0.2) is 0 Å². The Bertz CT molecular complexity index is 373. The second-order valence-corrected chi connectivity index (χ2v) is 5.40. The average Bonchev–Trinajstić information content (AvgIpc) is 2.53. The van der Waals surface area contributed by atoms with Gasteiger partial charge in [0.1, 0.15) is 0 Å². The molecule has 0 saturated carbocycles. The number of hydrogen-bond donors (Lipinski definition) is 3. The number of nitrogens with zero attached hydrogens (tertiary/aromatic N) is 1. The fraction of sp³-hybridized carbons (Fsp3) is 0.812. The molecule has 0 radical (unpaired) electrons. The fourth-order valence-corrected chi connectivity index (χ4v) is 1.94. The van der Waals surface area contributed by atoms with Crippen LogP contribution in [-0.4, -0.2) is 88.3 Å². The largest absolute Gasteiger partial charge is 0.379 e. The zero-order chi connectivity index (χ0) is 18.9. The minimum absolute atomic E-state index is 0.115. The van der Waals surface area contributed by atoms with Crippen LogP contribution in [-0.2, 0) is 23.9 Å². The van der Waals surface area contributed by atoms with Crippen molar-refractivity contribution in [2.75, 3.05) is 65.7 Å². The Kier molecular flexibility index (Phi) is 14.7. The van der Waals surface area contributed by atoms with Crippen LogP contribution in [0.5, 0.6) is 0 Å². The molecule has 9 nitrogen and oxygen atoms in total. The second kappa shape index (κ2) is 15.8. The van der Waals surface area contributed by atoms with E-state index in [-0.39, 0.29) is 24.3 Å². The third kappa shape index (κ3) is 16.9. The van der Waals surface area contributed by atoms with E-state index < -0.39 is 0 Å². The first-order valence-electron chi connectivity index (χ1n) is 8.59. The number of nitrogens with one attached hydrogen (secondary N) is 3. The molecule has 0 atom stereocenters. The summed E-state index contributed by atoms with van der Waals surface area (Å²) in [6.07, 6.45) is 0. The summed E-state index contributed by atoms with van der Waals surface area (Å²) in [5.74, 6) is -0.356.